The fraction of sp³-hybridized carbons (Fsp3) is 1.00. The molecule has 0 aromatic heterocycles. The van der Waals surface area contributed by atoms with E-state index in [0.29, 0.717) is 0 Å². The molecule has 0 bridgehead atoms. The standard InChI is InChI=1S/C3H8IOPS/c1-6(2)3-5-7-4/h3H2,1-2H3. The molecule has 0 amide bonds. The Morgan fingerprint density at radius 3 is 2.43 bits per heavy atom. The van der Waals surface area contributed by atoms with Gasteiger partial charge < -0.3 is 4.18 Å². The predicted molar refractivity (Wildman–Crippen MR) is 46.3 cm³/mol. The van der Waals surface area contributed by atoms with Crippen LogP contribution in [-0.4, -0.2) is 19.7 Å². The summed E-state index contributed by atoms with van der Waals surface area (Å²) in [5.74, 6) is 0. The van der Waals surface area contributed by atoms with Gasteiger partial charge >= 0.3 is 0 Å². The lowest BCUT2D eigenvalue weighted by atomic mass is 11.7. The zero-order chi connectivity index (χ0) is 5.70. The SMILES string of the molecule is CP(C)COSI. The van der Waals surface area contributed by atoms with Crippen molar-refractivity contribution in [2.24, 2.45) is 0 Å². The Balaban J connectivity index is 2.68. The van der Waals surface area contributed by atoms with Gasteiger partial charge in [-0.3, -0.25) is 0 Å². The van der Waals surface area contributed by atoms with Crippen molar-refractivity contribution in [3.63, 3.8) is 0 Å². The number of halogens is 1. The van der Waals surface area contributed by atoms with Crippen LogP contribution in [0.1, 0.15) is 0 Å². The molecule has 0 fully saturated rings. The van der Waals surface area contributed by atoms with Gasteiger partial charge in [0.05, 0.1) is 15.6 Å². The maximum Gasteiger partial charge on any atom is 0.0810 e. The van der Waals surface area contributed by atoms with Crippen LogP contribution in [0, 0.1) is 0 Å². The van der Waals surface area contributed by atoms with E-state index < -0.39 is 0 Å². The molecule has 4 heteroatoms. The Labute approximate surface area is 62.1 Å². The fourth-order valence-corrected chi connectivity index (χ4v) is 2.15. The van der Waals surface area contributed by atoms with E-state index in [4.69, 9.17) is 4.18 Å². The quantitative estimate of drug-likeness (QED) is 0.432. The molecule has 0 radical (unpaired) electrons. The number of hydrogen-bond donors (Lipinski definition) is 0. The van der Waals surface area contributed by atoms with Crippen LogP contribution in [0.2, 0.25) is 0 Å². The normalized spacial score (nSPS) is 10.3. The summed E-state index contributed by atoms with van der Waals surface area (Å²) in [5, 5.41) is 0. The maximum absolute atomic E-state index is 5.03. The average Bonchev–Trinajstić information content (AvgIpc) is 1.61. The van der Waals surface area contributed by atoms with E-state index >= 15 is 0 Å². The van der Waals surface area contributed by atoms with Gasteiger partial charge in [-0.25, -0.2) is 0 Å². The van der Waals surface area contributed by atoms with Crippen molar-refractivity contribution in [2.45, 2.75) is 0 Å². The molecule has 0 aliphatic rings. The second-order valence-corrected chi connectivity index (χ2v) is 5.25. The Hall–Kier alpha value is 1.47. The largest absolute Gasteiger partial charge is 0.301 e. The second kappa shape index (κ2) is 5.60. The molecular formula is C3H8IOPS. The molecule has 1 nitrogen and oxygen atoms in total. The van der Waals surface area contributed by atoms with Crippen LogP contribution < -0.4 is 0 Å². The molecule has 44 valence electrons. The Bertz CT molecular complexity index is 43.9. The van der Waals surface area contributed by atoms with Gasteiger partial charge in [0, 0.05) is 21.2 Å². The van der Waals surface area contributed by atoms with Crippen molar-refractivity contribution in [3.8, 4) is 0 Å². The summed E-state index contributed by atoms with van der Waals surface area (Å²) >= 11 is 2.13. The zero-order valence-corrected chi connectivity index (χ0v) is 8.22. The molecule has 0 unspecified atom stereocenters. The van der Waals surface area contributed by atoms with Crippen LogP contribution in [0.4, 0.5) is 0 Å². The van der Waals surface area contributed by atoms with Gasteiger partial charge in [-0.1, -0.05) is 7.92 Å². The first-order valence-electron chi connectivity index (χ1n) is 1.82. The molecule has 0 saturated carbocycles. The molecule has 0 rings (SSSR count). The molecule has 0 aliphatic carbocycles. The third kappa shape index (κ3) is 7.47. The molecule has 0 heterocycles. The third-order valence-electron chi connectivity index (χ3n) is 0.355. The summed E-state index contributed by atoms with van der Waals surface area (Å²) in [6.07, 6.45) is 0.920. The van der Waals surface area contributed by atoms with E-state index in [0.717, 1.165) is 6.35 Å². The van der Waals surface area contributed by atoms with Gasteiger partial charge in [0.25, 0.3) is 0 Å². The van der Waals surface area contributed by atoms with E-state index in [-0.39, 0.29) is 7.92 Å². The highest BCUT2D eigenvalue weighted by Gasteiger charge is 1.88. The molecule has 0 aromatic carbocycles. The molecule has 0 saturated heterocycles. The highest BCUT2D eigenvalue weighted by Crippen LogP contribution is 2.27. The van der Waals surface area contributed by atoms with E-state index in [2.05, 4.69) is 34.5 Å². The van der Waals surface area contributed by atoms with Crippen molar-refractivity contribution in [2.75, 3.05) is 19.7 Å². The van der Waals surface area contributed by atoms with Gasteiger partial charge in [0.1, 0.15) is 0 Å². The van der Waals surface area contributed by atoms with Crippen LogP contribution >= 0.6 is 38.3 Å². The lowest BCUT2D eigenvalue weighted by Crippen LogP contribution is -1.77. The highest BCUT2D eigenvalue weighted by atomic mass is 127. The first-order chi connectivity index (χ1) is 3.27. The molecule has 7 heavy (non-hydrogen) atoms. The van der Waals surface area contributed by atoms with Crippen molar-refractivity contribution < 1.29 is 4.18 Å². The Morgan fingerprint density at radius 1 is 1.71 bits per heavy atom. The van der Waals surface area contributed by atoms with Crippen LogP contribution in [0.15, 0.2) is 0 Å². The number of hydrogen-bond acceptors (Lipinski definition) is 2. The lowest BCUT2D eigenvalue weighted by molar-refractivity contribution is 0.468. The summed E-state index contributed by atoms with van der Waals surface area (Å²) in [4.78, 5) is 0. The smallest absolute Gasteiger partial charge is 0.0810 e. The van der Waals surface area contributed by atoms with Crippen molar-refractivity contribution in [1.82, 2.24) is 0 Å². The minimum Gasteiger partial charge on any atom is -0.301 e. The van der Waals surface area contributed by atoms with E-state index in [1.54, 1.807) is 0 Å². The topological polar surface area (TPSA) is 9.23 Å². The van der Waals surface area contributed by atoms with Gasteiger partial charge in [0.15, 0.2) is 0 Å². The molecule has 0 spiro atoms. The van der Waals surface area contributed by atoms with Gasteiger partial charge in [-0.15, -0.1) is 0 Å². The van der Waals surface area contributed by atoms with Gasteiger partial charge in [-0.2, -0.15) is 0 Å². The molecule has 0 aromatic rings. The first-order valence-corrected chi connectivity index (χ1v) is 7.53. The summed E-state index contributed by atoms with van der Waals surface area (Å²) in [5.41, 5.74) is 0. The second-order valence-electron chi connectivity index (χ2n) is 1.39. The first kappa shape index (κ1) is 8.47. The predicted octanol–water partition coefficient (Wildman–Crippen LogP) is 2.70. The van der Waals surface area contributed by atoms with Crippen LogP contribution in [0.3, 0.4) is 0 Å². The fourth-order valence-electron chi connectivity index (χ4n) is 0.125. The third-order valence-corrected chi connectivity index (χ3v) is 2.15. The molecule has 0 aliphatic heterocycles. The highest BCUT2D eigenvalue weighted by molar-refractivity contribution is 14.2. The van der Waals surface area contributed by atoms with Crippen molar-refractivity contribution >= 4 is 38.3 Å². The zero-order valence-electron chi connectivity index (χ0n) is 4.35. The summed E-state index contributed by atoms with van der Waals surface area (Å²) in [6, 6.07) is 0. The minimum absolute atomic E-state index is 0.146. The van der Waals surface area contributed by atoms with E-state index in [9.17, 15) is 0 Å². The van der Waals surface area contributed by atoms with Gasteiger partial charge in [-0.05, 0) is 13.3 Å². The maximum atomic E-state index is 5.03. The number of rotatable bonds is 3. The lowest BCUT2D eigenvalue weighted by Gasteiger charge is -1.99. The van der Waals surface area contributed by atoms with Crippen LogP contribution in [-0.2, 0) is 4.18 Å². The summed E-state index contributed by atoms with van der Waals surface area (Å²) in [6.45, 7) is 4.39. The Kier molecular flexibility index (Phi) is 6.78. The summed E-state index contributed by atoms with van der Waals surface area (Å²) in [7, 11) is 1.56. The van der Waals surface area contributed by atoms with E-state index in [1.807, 2.05) is 0 Å². The average molecular weight is 250 g/mol. The minimum atomic E-state index is 0.146. The van der Waals surface area contributed by atoms with Crippen molar-refractivity contribution in [3.05, 3.63) is 0 Å². The molecule has 0 atom stereocenters. The monoisotopic (exact) mass is 250 g/mol. The summed E-state index contributed by atoms with van der Waals surface area (Å²) < 4.78 is 5.03. The van der Waals surface area contributed by atoms with Gasteiger partial charge in [0.2, 0.25) is 0 Å². The van der Waals surface area contributed by atoms with E-state index in [1.165, 1.54) is 9.21 Å². The van der Waals surface area contributed by atoms with Crippen LogP contribution in [0.5, 0.6) is 0 Å². The van der Waals surface area contributed by atoms with Crippen LogP contribution in [0.25, 0.3) is 0 Å². The molecular weight excluding hydrogens is 242 g/mol. The Morgan fingerprint density at radius 2 is 2.29 bits per heavy atom. The molecule has 0 N–H and O–H groups in total. The van der Waals surface area contributed by atoms with Crippen molar-refractivity contribution in [1.29, 1.82) is 0 Å².